The maximum absolute atomic E-state index is 9.45. The molecule has 0 unspecified atom stereocenters. The van der Waals surface area contributed by atoms with E-state index in [0.29, 0.717) is 5.69 Å². The molecule has 0 N–H and O–H groups in total. The molecule has 2 aliphatic heterocycles. The number of nitrogens with zero attached hydrogens (tertiary/aromatic N) is 3. The molecule has 4 nitrogen and oxygen atoms in total. The van der Waals surface area contributed by atoms with Crippen LogP contribution in [0.4, 0.5) is 51.2 Å². The van der Waals surface area contributed by atoms with Gasteiger partial charge in [-0.15, -0.1) is 0 Å². The highest BCUT2D eigenvalue weighted by Crippen LogP contribution is 2.50. The van der Waals surface area contributed by atoms with Gasteiger partial charge in [0.2, 0.25) is 0 Å². The molecule has 0 fully saturated rings. The first-order chi connectivity index (χ1) is 42.6. The minimum atomic E-state index is -0.645. The molecule has 0 bridgehead atoms. The molecule has 1 aromatic heterocycles. The maximum atomic E-state index is 9.45. The molecule has 0 atom stereocenters. The molecule has 380 valence electrons. The molecule has 2 aliphatic rings. The topological polar surface area (TPSA) is 22.9 Å². The smallest absolute Gasteiger partial charge is 0.252 e. The van der Waals surface area contributed by atoms with Gasteiger partial charge in [-0.3, -0.25) is 0 Å². The van der Waals surface area contributed by atoms with Crippen molar-refractivity contribution in [2.75, 3.05) is 14.7 Å². The number of fused-ring (bicyclic) bond motifs is 7. The van der Waals surface area contributed by atoms with Crippen LogP contribution in [0.3, 0.4) is 0 Å². The minimum absolute atomic E-state index is 0.166. The number of para-hydroxylation sites is 4. The van der Waals surface area contributed by atoms with Crippen molar-refractivity contribution in [3.8, 4) is 33.4 Å². The largest absolute Gasteiger partial charge is 0.455 e. The average Bonchev–Trinajstić information content (AvgIpc) is 1.15. The van der Waals surface area contributed by atoms with Crippen LogP contribution in [0.15, 0.2) is 259 Å². The third kappa shape index (κ3) is 8.23. The fourth-order valence-corrected chi connectivity index (χ4v) is 11.8. The predicted molar refractivity (Wildman–Crippen MR) is 336 cm³/mol. The molecule has 5 heteroatoms. The summed E-state index contributed by atoms with van der Waals surface area (Å²) in [6.07, 6.45) is 0. The molecule has 14 rings (SSSR count). The number of furan rings is 1. The van der Waals surface area contributed by atoms with Gasteiger partial charge in [0.1, 0.15) is 11.2 Å². The van der Waals surface area contributed by atoms with Crippen LogP contribution in [-0.4, -0.2) is 6.71 Å². The lowest BCUT2D eigenvalue weighted by Crippen LogP contribution is -2.61. The van der Waals surface area contributed by atoms with E-state index < -0.39 is 72.6 Å². The molecule has 0 aliphatic carbocycles. The van der Waals surface area contributed by atoms with Gasteiger partial charge in [0.05, 0.1) is 19.4 Å². The van der Waals surface area contributed by atoms with Crippen LogP contribution in [0.2, 0.25) is 0 Å². The summed E-state index contributed by atoms with van der Waals surface area (Å²) in [5.41, 5.74) is 16.8. The Morgan fingerprint density at radius 2 is 1.00 bits per heavy atom. The predicted octanol–water partition coefficient (Wildman–Crippen LogP) is 18.7. The summed E-state index contributed by atoms with van der Waals surface area (Å²) in [4.78, 5) is 5.91. The molecule has 0 saturated carbocycles. The molecule has 3 heterocycles. The van der Waals surface area contributed by atoms with E-state index in [2.05, 4.69) is 179 Å². The zero-order valence-electron chi connectivity index (χ0n) is 54.8. The van der Waals surface area contributed by atoms with Crippen molar-refractivity contribution in [1.82, 2.24) is 0 Å². The Balaban J connectivity index is 1.10. The van der Waals surface area contributed by atoms with E-state index >= 15 is 0 Å². The van der Waals surface area contributed by atoms with Crippen LogP contribution in [0.5, 0.6) is 0 Å². The lowest BCUT2D eigenvalue weighted by molar-refractivity contribution is 0.590. The fraction of sp³-hybridized carbons (Fsp3) is 0.108. The average molecular weight is 1030 g/mol. The molecule has 11 aromatic carbocycles. The maximum Gasteiger partial charge on any atom is 0.252 e. The first-order valence-electron chi connectivity index (χ1n) is 31.9. The van der Waals surface area contributed by atoms with E-state index in [4.69, 9.17) is 12.6 Å². The van der Waals surface area contributed by atoms with E-state index in [-0.39, 0.29) is 22.5 Å². The van der Waals surface area contributed by atoms with E-state index in [0.717, 1.165) is 106 Å². The molecule has 0 amide bonds. The van der Waals surface area contributed by atoms with Crippen molar-refractivity contribution in [3.63, 3.8) is 0 Å². The van der Waals surface area contributed by atoms with Crippen molar-refractivity contribution in [2.24, 2.45) is 0 Å². The molecule has 0 spiro atoms. The second-order valence-corrected chi connectivity index (χ2v) is 22.6. The van der Waals surface area contributed by atoms with Crippen LogP contribution in [0.25, 0.3) is 55.3 Å². The highest BCUT2D eigenvalue weighted by molar-refractivity contribution is 7.00. The van der Waals surface area contributed by atoms with Gasteiger partial charge in [-0.05, 0) is 145 Å². The van der Waals surface area contributed by atoms with E-state index in [9.17, 15) is 5.48 Å². The zero-order valence-corrected chi connectivity index (χ0v) is 44.8. The summed E-state index contributed by atoms with van der Waals surface area (Å²) in [7, 11) is 0. The van der Waals surface area contributed by atoms with Crippen molar-refractivity contribution in [2.45, 2.75) is 52.4 Å². The standard InChI is InChI=1S/C74H60BN3O/c1-73(2,3)53-37-43-65(62(45-53)50-24-13-8-14-25-50)78-66-42-36-52(49-22-11-7-12-23-49)44-64(66)75-63-41-40-58(76(55-26-15-9-16-27-55)56-28-17-10-18-29-56)48-67(63)77(68-46-54(74(4,5)6)47-69(78)71(68)75)57-38-34-51(35-39-57)59-31-21-32-61-60-30-19-20-33-70(60)79-72(59)61/h7-48H,1-6H3/i9D,10D,15D,16D,17D,18D,26D,27D,28D,29D. The Morgan fingerprint density at radius 3 is 1.68 bits per heavy atom. The number of anilines is 9. The third-order valence-electron chi connectivity index (χ3n) is 15.7. The highest BCUT2D eigenvalue weighted by Gasteiger charge is 2.45. The second-order valence-electron chi connectivity index (χ2n) is 22.6. The van der Waals surface area contributed by atoms with Gasteiger partial charge in [-0.2, -0.15) is 0 Å². The van der Waals surface area contributed by atoms with Gasteiger partial charge in [-0.25, -0.2) is 0 Å². The molecule has 0 radical (unpaired) electrons. The van der Waals surface area contributed by atoms with E-state index in [1.807, 2.05) is 60.7 Å². The van der Waals surface area contributed by atoms with Crippen molar-refractivity contribution < 1.29 is 18.1 Å². The Labute approximate surface area is 478 Å². The van der Waals surface area contributed by atoms with Gasteiger partial charge < -0.3 is 19.1 Å². The Bertz CT molecular complexity index is 4780. The molecule has 79 heavy (non-hydrogen) atoms. The normalized spacial score (nSPS) is 14.6. The number of hydrogen-bond donors (Lipinski definition) is 0. The number of benzene rings is 11. The van der Waals surface area contributed by atoms with Gasteiger partial charge >= 0.3 is 0 Å². The van der Waals surface area contributed by atoms with Crippen molar-refractivity contribution in [3.05, 3.63) is 266 Å². The van der Waals surface area contributed by atoms with Crippen LogP contribution in [-0.2, 0) is 10.8 Å². The molecule has 12 aromatic rings. The summed E-state index contributed by atoms with van der Waals surface area (Å²) in [5, 5.41) is 2.02. The lowest BCUT2D eigenvalue weighted by Gasteiger charge is -2.46. The van der Waals surface area contributed by atoms with Crippen molar-refractivity contribution in [1.29, 1.82) is 0 Å². The zero-order chi connectivity index (χ0) is 62.3. The minimum Gasteiger partial charge on any atom is -0.455 e. The highest BCUT2D eigenvalue weighted by atomic mass is 16.3. The van der Waals surface area contributed by atoms with Crippen LogP contribution in [0.1, 0.15) is 66.4 Å². The quantitative estimate of drug-likeness (QED) is 0.142. The van der Waals surface area contributed by atoms with Gasteiger partial charge in [-0.1, -0.05) is 211 Å². The number of hydrogen-bond acceptors (Lipinski definition) is 4. The van der Waals surface area contributed by atoms with E-state index in [1.165, 1.54) is 10.5 Å². The van der Waals surface area contributed by atoms with Crippen LogP contribution >= 0.6 is 0 Å². The SMILES string of the molecule is [2H]c1c([2H])c([2H])c(N(c2ccc3c(c2)N(c2ccc(-c4cccc5c4oc4ccccc45)cc2)c2cc(C(C)(C)C)cc4c2B3c2cc(-c3ccccc3)ccc2N4c2ccc(C(C)(C)C)cc2-c2ccccc2)c2c([2H])c([2H])c([2H])c([2H])c2[2H])c([2H])c1[2H]. The third-order valence-corrected chi connectivity index (χ3v) is 15.7. The van der Waals surface area contributed by atoms with Gasteiger partial charge in [0.25, 0.3) is 6.71 Å². The summed E-state index contributed by atoms with van der Waals surface area (Å²) < 4.78 is 97.4. The first-order valence-corrected chi connectivity index (χ1v) is 26.9. The summed E-state index contributed by atoms with van der Waals surface area (Å²) >= 11 is 0. The molecular formula is C74H60BN3O. The van der Waals surface area contributed by atoms with Gasteiger partial charge in [0, 0.05) is 67.4 Å². The molecular weight excluding hydrogens is 958 g/mol. The van der Waals surface area contributed by atoms with Crippen LogP contribution < -0.4 is 31.1 Å². The van der Waals surface area contributed by atoms with Crippen LogP contribution in [0, 0.1) is 0 Å². The fourth-order valence-electron chi connectivity index (χ4n) is 11.8. The Morgan fingerprint density at radius 1 is 0.405 bits per heavy atom. The summed E-state index contributed by atoms with van der Waals surface area (Å²) in [5.74, 6) is 0. The van der Waals surface area contributed by atoms with Gasteiger partial charge in [0.15, 0.2) is 0 Å². The Kier molecular flexibility index (Phi) is 9.06. The van der Waals surface area contributed by atoms with E-state index in [1.54, 1.807) is 6.07 Å². The monoisotopic (exact) mass is 1030 g/mol. The number of rotatable bonds is 8. The second kappa shape index (κ2) is 18.7. The summed E-state index contributed by atoms with van der Waals surface area (Å²) in [6, 6.07) is 61.0. The first kappa shape index (κ1) is 38.3. The lowest BCUT2D eigenvalue weighted by atomic mass is 9.33. The van der Waals surface area contributed by atoms with Crippen molar-refractivity contribution >= 4 is 96.2 Å². The summed E-state index contributed by atoms with van der Waals surface area (Å²) in [6.45, 7) is 12.9. The Hall–Kier alpha value is -9.32. The molecule has 0 saturated heterocycles.